The number of alkyl halides is 3. The highest BCUT2D eigenvalue weighted by Crippen LogP contribution is 2.34. The van der Waals surface area contributed by atoms with Crippen molar-refractivity contribution in [3.05, 3.63) is 42.0 Å². The Labute approximate surface area is 224 Å². The number of fused-ring (bicyclic) bond motifs is 3. The molecule has 0 aliphatic carbocycles. The molecule has 4 atom stereocenters. The molecule has 13 nitrogen and oxygen atoms in total. The van der Waals surface area contributed by atoms with Gasteiger partial charge in [-0.1, -0.05) is 6.08 Å². The fourth-order valence-corrected chi connectivity index (χ4v) is 6.18. The Hall–Kier alpha value is -3.38. The summed E-state index contributed by atoms with van der Waals surface area (Å²) < 4.78 is 84.2. The first-order valence-corrected chi connectivity index (χ1v) is 14.7. The highest BCUT2D eigenvalue weighted by atomic mass is 32.2. The van der Waals surface area contributed by atoms with Crippen molar-refractivity contribution in [1.82, 2.24) is 25.4 Å². The van der Waals surface area contributed by atoms with Crippen molar-refractivity contribution in [3.8, 4) is 0 Å². The SMILES string of the molecule is C[C@@H](NC(=O)C1C=CC2=C(N1)N(C(=O)Nc1cc(N(CS(C)(=O)=O)S(=O)O)ccn1)[C@H]1CCN2C1)C(F)(F)F. The van der Waals surface area contributed by atoms with Crippen LogP contribution in [0.25, 0.3) is 0 Å². The predicted octanol–water partition coefficient (Wildman–Crippen LogP) is 0.713. The van der Waals surface area contributed by atoms with E-state index < -0.39 is 57.2 Å². The first kappa shape index (κ1) is 28.6. The van der Waals surface area contributed by atoms with Gasteiger partial charge in [-0.15, -0.1) is 0 Å². The van der Waals surface area contributed by atoms with E-state index in [0.717, 1.165) is 13.2 Å². The number of halogens is 3. The number of rotatable bonds is 7. The summed E-state index contributed by atoms with van der Waals surface area (Å²) in [5.41, 5.74) is 0.593. The van der Waals surface area contributed by atoms with Gasteiger partial charge in [-0.25, -0.2) is 22.4 Å². The number of nitrogens with one attached hydrogen (secondary N) is 3. The van der Waals surface area contributed by atoms with Gasteiger partial charge in [-0.05, 0) is 25.5 Å². The number of carbonyl (C=O) groups excluding carboxylic acids is 2. The Kier molecular flexibility index (Phi) is 7.82. The maximum absolute atomic E-state index is 13.4. The minimum atomic E-state index is -4.62. The molecule has 39 heavy (non-hydrogen) atoms. The van der Waals surface area contributed by atoms with Crippen molar-refractivity contribution in [3.63, 3.8) is 0 Å². The number of carbonyl (C=O) groups is 2. The highest BCUT2D eigenvalue weighted by molar-refractivity contribution is 7.92. The first-order valence-electron chi connectivity index (χ1n) is 11.6. The molecular formula is C21H26F3N7O6S2. The van der Waals surface area contributed by atoms with Gasteiger partial charge in [-0.2, -0.15) is 13.2 Å². The molecule has 0 saturated carbocycles. The number of nitrogens with zero attached hydrogens (tertiary/aromatic N) is 4. The summed E-state index contributed by atoms with van der Waals surface area (Å²) in [6.07, 6.45) is 1.07. The lowest BCUT2D eigenvalue weighted by Crippen LogP contribution is -2.57. The van der Waals surface area contributed by atoms with Gasteiger partial charge in [0.15, 0.2) is 9.84 Å². The maximum Gasteiger partial charge on any atom is 0.408 e. The largest absolute Gasteiger partial charge is 0.408 e. The van der Waals surface area contributed by atoms with Crippen molar-refractivity contribution < 1.29 is 39.9 Å². The Morgan fingerprint density at radius 3 is 2.74 bits per heavy atom. The summed E-state index contributed by atoms with van der Waals surface area (Å²) in [6, 6.07) is -1.73. The van der Waals surface area contributed by atoms with Gasteiger partial charge in [0.1, 0.15) is 29.6 Å². The van der Waals surface area contributed by atoms with Crippen LogP contribution in [-0.2, 0) is 25.9 Å². The zero-order valence-corrected chi connectivity index (χ0v) is 22.3. The molecule has 0 radical (unpaired) electrons. The van der Waals surface area contributed by atoms with Gasteiger partial charge in [0.25, 0.3) is 11.3 Å². The van der Waals surface area contributed by atoms with Gasteiger partial charge in [0, 0.05) is 31.6 Å². The number of sulfone groups is 1. The molecule has 0 spiro atoms. The average molecular weight is 594 g/mol. The lowest BCUT2D eigenvalue weighted by atomic mass is 10.1. The molecular weight excluding hydrogens is 567 g/mol. The van der Waals surface area contributed by atoms with E-state index in [1.807, 2.05) is 10.2 Å². The molecule has 1 fully saturated rings. The fourth-order valence-electron chi connectivity index (χ4n) is 4.38. The minimum Gasteiger partial charge on any atom is -0.366 e. The normalized spacial score (nSPS) is 22.1. The van der Waals surface area contributed by atoms with Crippen molar-refractivity contribution in [2.24, 2.45) is 0 Å². The number of pyridine rings is 1. The third kappa shape index (κ3) is 6.44. The number of allylic oxidation sites excluding steroid dienone is 1. The monoisotopic (exact) mass is 593 g/mol. The van der Waals surface area contributed by atoms with Crippen LogP contribution in [0, 0.1) is 0 Å². The zero-order chi connectivity index (χ0) is 28.7. The molecule has 1 aromatic heterocycles. The number of anilines is 2. The summed E-state index contributed by atoms with van der Waals surface area (Å²) in [5.74, 6) is -1.51. The van der Waals surface area contributed by atoms with Gasteiger partial charge in [0.2, 0.25) is 5.91 Å². The number of urea groups is 1. The van der Waals surface area contributed by atoms with E-state index in [1.165, 1.54) is 29.3 Å². The zero-order valence-electron chi connectivity index (χ0n) is 20.7. The van der Waals surface area contributed by atoms with Gasteiger partial charge in [0.05, 0.1) is 17.4 Å². The Morgan fingerprint density at radius 2 is 2.10 bits per heavy atom. The van der Waals surface area contributed by atoms with E-state index in [-0.39, 0.29) is 23.4 Å². The molecule has 0 aromatic carbocycles. The Morgan fingerprint density at radius 1 is 1.38 bits per heavy atom. The molecule has 18 heteroatoms. The van der Waals surface area contributed by atoms with E-state index in [2.05, 4.69) is 15.6 Å². The number of amides is 3. The lowest BCUT2D eigenvalue weighted by molar-refractivity contribution is -0.158. The molecule has 214 valence electrons. The highest BCUT2D eigenvalue weighted by Gasteiger charge is 2.43. The number of aromatic nitrogens is 1. The summed E-state index contributed by atoms with van der Waals surface area (Å²) in [6.45, 7) is 1.92. The predicted molar refractivity (Wildman–Crippen MR) is 135 cm³/mol. The molecule has 3 aliphatic heterocycles. The second kappa shape index (κ2) is 10.6. The van der Waals surface area contributed by atoms with Crippen LogP contribution in [0.5, 0.6) is 0 Å². The molecule has 1 saturated heterocycles. The summed E-state index contributed by atoms with van der Waals surface area (Å²) in [5, 5.41) is 7.36. The molecule has 4 N–H and O–H groups in total. The smallest absolute Gasteiger partial charge is 0.366 e. The summed E-state index contributed by atoms with van der Waals surface area (Å²) in [4.78, 5) is 33.4. The van der Waals surface area contributed by atoms with Crippen molar-refractivity contribution in [2.45, 2.75) is 37.6 Å². The van der Waals surface area contributed by atoms with Crippen LogP contribution < -0.4 is 20.3 Å². The van der Waals surface area contributed by atoms with E-state index in [0.29, 0.717) is 29.5 Å². The van der Waals surface area contributed by atoms with E-state index in [9.17, 15) is 39.9 Å². The molecule has 4 rings (SSSR count). The van der Waals surface area contributed by atoms with Crippen molar-refractivity contribution in [2.75, 3.05) is 34.8 Å². The molecule has 4 heterocycles. The van der Waals surface area contributed by atoms with E-state index in [1.54, 1.807) is 6.08 Å². The number of dihydropyridines is 1. The Balaban J connectivity index is 1.55. The number of hydrogen-bond donors (Lipinski definition) is 4. The van der Waals surface area contributed by atoms with Crippen molar-refractivity contribution >= 4 is 44.5 Å². The van der Waals surface area contributed by atoms with Gasteiger partial charge >= 0.3 is 12.2 Å². The minimum absolute atomic E-state index is 0.00592. The summed E-state index contributed by atoms with van der Waals surface area (Å²) >= 11 is -2.69. The fraction of sp³-hybridized carbons (Fsp3) is 0.476. The average Bonchev–Trinajstić information content (AvgIpc) is 3.25. The molecule has 3 aliphatic rings. The van der Waals surface area contributed by atoms with Crippen molar-refractivity contribution in [1.29, 1.82) is 0 Å². The second-order valence-corrected chi connectivity index (χ2v) is 12.3. The molecule has 1 aromatic rings. The summed E-state index contributed by atoms with van der Waals surface area (Å²) in [7, 11) is -3.68. The molecule has 2 bridgehead atoms. The third-order valence-corrected chi connectivity index (χ3v) is 7.86. The lowest BCUT2D eigenvalue weighted by Gasteiger charge is -2.41. The maximum atomic E-state index is 13.4. The van der Waals surface area contributed by atoms with Crippen LogP contribution in [0.1, 0.15) is 13.3 Å². The molecule has 2 unspecified atom stereocenters. The third-order valence-electron chi connectivity index (χ3n) is 6.25. The Bertz CT molecular complexity index is 1350. The van der Waals surface area contributed by atoms with Crippen LogP contribution in [0.4, 0.5) is 29.5 Å². The van der Waals surface area contributed by atoms with Crippen LogP contribution >= 0.6 is 0 Å². The van der Waals surface area contributed by atoms with Gasteiger partial charge in [-0.3, -0.25) is 23.9 Å². The standard InChI is InChI=1S/C21H26F3N7O6S2/c1-12(21(22,23)24)26-19(32)15-3-4-16-18(27-15)31(14-6-8-29(16)10-14)20(33)28-17-9-13(5-7-25-17)30(38(34)35)11-39(2,36)37/h3-5,7,9,12,14-15,27H,6,8,10-11H2,1-2H3,(H,26,32)(H,34,35)(H,25,28,33)/t12-,14+,15?/m1/s1. The quantitative estimate of drug-likeness (QED) is 0.334. The molecule has 3 amide bonds. The van der Waals surface area contributed by atoms with Gasteiger partial charge < -0.3 is 15.5 Å². The first-order chi connectivity index (χ1) is 18.1. The second-order valence-electron chi connectivity index (χ2n) is 9.24. The van der Waals surface area contributed by atoms with E-state index >= 15 is 0 Å². The van der Waals surface area contributed by atoms with Crippen LogP contribution in [0.3, 0.4) is 0 Å². The topological polar surface area (TPSA) is 164 Å². The van der Waals surface area contributed by atoms with Crippen LogP contribution in [-0.4, -0.2) is 93.4 Å². The van der Waals surface area contributed by atoms with E-state index in [4.69, 9.17) is 0 Å². The van der Waals surface area contributed by atoms with Crippen LogP contribution in [0.15, 0.2) is 42.0 Å². The van der Waals surface area contributed by atoms with Crippen LogP contribution in [0.2, 0.25) is 0 Å². The number of hydrogen-bond acceptors (Lipinski definition) is 8.